The summed E-state index contributed by atoms with van der Waals surface area (Å²) in [5.74, 6) is 0.0583. The van der Waals surface area contributed by atoms with Gasteiger partial charge in [-0.2, -0.15) is 0 Å². The maximum atomic E-state index is 13.2. The molecule has 1 heterocycles. The van der Waals surface area contributed by atoms with Crippen molar-refractivity contribution in [3.63, 3.8) is 0 Å². The monoisotopic (exact) mass is 416 g/mol. The molecule has 3 aromatic rings. The number of hydrogen-bond donors (Lipinski definition) is 1. The van der Waals surface area contributed by atoms with Gasteiger partial charge in [-0.25, -0.2) is 4.39 Å². The third kappa shape index (κ3) is 4.79. The number of aromatic nitrogens is 3. The van der Waals surface area contributed by atoms with Crippen LogP contribution in [0, 0.1) is 12.7 Å². The fourth-order valence-corrected chi connectivity index (χ4v) is 3.52. The number of aryl methyl sites for hydroxylation is 1. The van der Waals surface area contributed by atoms with Crippen LogP contribution < -0.4 is 5.32 Å². The molecule has 0 aliphatic carbocycles. The highest BCUT2D eigenvalue weighted by Gasteiger charge is 2.15. The lowest BCUT2D eigenvalue weighted by molar-refractivity contribution is -0.113. The minimum absolute atomic E-state index is 0.0426. The topological polar surface area (TPSA) is 59.8 Å². The second-order valence-corrected chi connectivity index (χ2v) is 7.39. The Hall–Kier alpha value is -2.64. The van der Waals surface area contributed by atoms with E-state index < -0.39 is 5.82 Å². The van der Waals surface area contributed by atoms with Gasteiger partial charge in [-0.15, -0.1) is 16.8 Å². The van der Waals surface area contributed by atoms with Crippen LogP contribution in [0.2, 0.25) is 5.02 Å². The van der Waals surface area contributed by atoms with Crippen LogP contribution in [-0.2, 0) is 11.3 Å². The van der Waals surface area contributed by atoms with Gasteiger partial charge in [-0.1, -0.05) is 53.2 Å². The summed E-state index contributed by atoms with van der Waals surface area (Å²) < 4.78 is 15.1. The molecule has 0 unspecified atom stereocenters. The Kier molecular flexibility index (Phi) is 6.49. The summed E-state index contributed by atoms with van der Waals surface area (Å²) in [6.07, 6.45) is 1.76. The first kappa shape index (κ1) is 20.1. The molecule has 28 heavy (non-hydrogen) atoms. The molecule has 0 aliphatic rings. The Balaban J connectivity index is 1.72. The van der Waals surface area contributed by atoms with E-state index in [2.05, 4.69) is 22.1 Å². The van der Waals surface area contributed by atoms with E-state index >= 15 is 0 Å². The average Bonchev–Trinajstić information content (AvgIpc) is 3.06. The Morgan fingerprint density at radius 3 is 2.86 bits per heavy atom. The Morgan fingerprint density at radius 1 is 1.32 bits per heavy atom. The molecule has 1 aromatic heterocycles. The fourth-order valence-electron chi connectivity index (χ4n) is 2.59. The van der Waals surface area contributed by atoms with Gasteiger partial charge in [0, 0.05) is 17.8 Å². The summed E-state index contributed by atoms with van der Waals surface area (Å²) in [6, 6.07) is 12.0. The number of nitrogens with one attached hydrogen (secondary N) is 1. The predicted octanol–water partition coefficient (Wildman–Crippen LogP) is 4.96. The number of anilines is 1. The molecule has 8 heteroatoms. The summed E-state index contributed by atoms with van der Waals surface area (Å²) in [5.41, 5.74) is 2.51. The molecule has 5 nitrogen and oxygen atoms in total. The molecule has 1 amide bonds. The summed E-state index contributed by atoms with van der Waals surface area (Å²) in [6.45, 7) is 6.32. The molecule has 0 aliphatic heterocycles. The molecule has 0 fully saturated rings. The van der Waals surface area contributed by atoms with Gasteiger partial charge in [0.05, 0.1) is 10.8 Å². The van der Waals surface area contributed by atoms with E-state index in [1.54, 1.807) is 6.08 Å². The van der Waals surface area contributed by atoms with Crippen molar-refractivity contribution < 1.29 is 9.18 Å². The van der Waals surface area contributed by atoms with E-state index in [0.29, 0.717) is 17.4 Å². The highest BCUT2D eigenvalue weighted by atomic mass is 35.5. The molecule has 144 valence electrons. The second-order valence-electron chi connectivity index (χ2n) is 6.04. The van der Waals surface area contributed by atoms with Crippen LogP contribution in [0.5, 0.6) is 0 Å². The molecule has 0 saturated heterocycles. The van der Waals surface area contributed by atoms with Crippen molar-refractivity contribution in [1.82, 2.24) is 14.8 Å². The Morgan fingerprint density at radius 2 is 2.14 bits per heavy atom. The third-order valence-electron chi connectivity index (χ3n) is 3.84. The third-order valence-corrected chi connectivity index (χ3v) is 5.10. The molecular formula is C20H18ClFN4OS. The first-order valence-corrected chi connectivity index (χ1v) is 9.83. The molecule has 0 spiro atoms. The van der Waals surface area contributed by atoms with Gasteiger partial charge >= 0.3 is 0 Å². The number of hydrogen-bond acceptors (Lipinski definition) is 4. The van der Waals surface area contributed by atoms with Crippen molar-refractivity contribution >= 4 is 35.0 Å². The molecule has 0 atom stereocenters. The lowest BCUT2D eigenvalue weighted by Gasteiger charge is -2.09. The maximum Gasteiger partial charge on any atom is 0.234 e. The molecule has 3 rings (SSSR count). The number of carbonyl (C=O) groups excluding carboxylic acids is 1. The van der Waals surface area contributed by atoms with E-state index in [1.807, 2.05) is 35.8 Å². The smallest absolute Gasteiger partial charge is 0.234 e. The molecule has 0 saturated carbocycles. The predicted molar refractivity (Wildman–Crippen MR) is 111 cm³/mol. The van der Waals surface area contributed by atoms with Crippen molar-refractivity contribution in [1.29, 1.82) is 0 Å². The van der Waals surface area contributed by atoms with Gasteiger partial charge in [-0.05, 0) is 31.2 Å². The number of amides is 1. The number of rotatable bonds is 7. The van der Waals surface area contributed by atoms with Crippen LogP contribution in [-0.4, -0.2) is 26.4 Å². The molecule has 0 bridgehead atoms. The number of benzene rings is 2. The van der Waals surface area contributed by atoms with Crippen LogP contribution in [0.3, 0.4) is 0 Å². The number of halogens is 2. The highest BCUT2D eigenvalue weighted by Crippen LogP contribution is 2.25. The van der Waals surface area contributed by atoms with Gasteiger partial charge in [0.1, 0.15) is 5.82 Å². The lowest BCUT2D eigenvalue weighted by atomic mass is 10.1. The van der Waals surface area contributed by atoms with Crippen LogP contribution >= 0.6 is 23.4 Å². The number of carbonyl (C=O) groups is 1. The molecular weight excluding hydrogens is 399 g/mol. The van der Waals surface area contributed by atoms with E-state index in [9.17, 15) is 9.18 Å². The second kappa shape index (κ2) is 9.03. The van der Waals surface area contributed by atoms with E-state index in [4.69, 9.17) is 11.6 Å². The quantitative estimate of drug-likeness (QED) is 0.436. The summed E-state index contributed by atoms with van der Waals surface area (Å²) >= 11 is 7.00. The van der Waals surface area contributed by atoms with Crippen LogP contribution in [0.15, 0.2) is 60.3 Å². The minimum Gasteiger partial charge on any atom is -0.325 e. The fraction of sp³-hybridized carbons (Fsp3) is 0.150. The van der Waals surface area contributed by atoms with Gasteiger partial charge in [0.2, 0.25) is 5.91 Å². The summed E-state index contributed by atoms with van der Waals surface area (Å²) in [4.78, 5) is 12.2. The van der Waals surface area contributed by atoms with Crippen molar-refractivity contribution in [2.24, 2.45) is 0 Å². The average molecular weight is 417 g/mol. The Labute approximate surface area is 171 Å². The first-order valence-electron chi connectivity index (χ1n) is 8.46. The SMILES string of the molecule is C=CCn1c(SCC(=O)Nc2ccc(F)c(Cl)c2)nnc1-c1cccc(C)c1. The van der Waals surface area contributed by atoms with Crippen LogP contribution in [0.4, 0.5) is 10.1 Å². The number of thioether (sulfide) groups is 1. The first-order chi connectivity index (χ1) is 13.5. The Bertz CT molecular complexity index is 1020. The molecule has 0 radical (unpaired) electrons. The largest absolute Gasteiger partial charge is 0.325 e. The number of allylic oxidation sites excluding steroid dienone is 1. The van der Waals surface area contributed by atoms with Gasteiger partial charge in [-0.3, -0.25) is 9.36 Å². The van der Waals surface area contributed by atoms with Crippen molar-refractivity contribution in [3.05, 3.63) is 71.5 Å². The lowest BCUT2D eigenvalue weighted by Crippen LogP contribution is -2.14. The van der Waals surface area contributed by atoms with Crippen LogP contribution in [0.1, 0.15) is 5.56 Å². The standard InChI is InChI=1S/C20H18ClFN4OS/c1-3-9-26-19(14-6-4-5-13(2)10-14)24-25-20(26)28-12-18(27)23-15-7-8-17(22)16(21)11-15/h3-8,10-11H,1,9,12H2,2H3,(H,23,27). The normalized spacial score (nSPS) is 10.7. The highest BCUT2D eigenvalue weighted by molar-refractivity contribution is 7.99. The molecule has 1 N–H and O–H groups in total. The molecule has 2 aromatic carbocycles. The maximum absolute atomic E-state index is 13.2. The number of nitrogens with zero attached hydrogens (tertiary/aromatic N) is 3. The summed E-state index contributed by atoms with van der Waals surface area (Å²) in [7, 11) is 0. The summed E-state index contributed by atoms with van der Waals surface area (Å²) in [5, 5.41) is 11.8. The van der Waals surface area contributed by atoms with Gasteiger partial charge in [0.15, 0.2) is 11.0 Å². The van der Waals surface area contributed by atoms with E-state index in [-0.39, 0.29) is 16.7 Å². The zero-order chi connectivity index (χ0) is 20.1. The van der Waals surface area contributed by atoms with Crippen molar-refractivity contribution in [3.8, 4) is 11.4 Å². The zero-order valence-electron chi connectivity index (χ0n) is 15.2. The zero-order valence-corrected chi connectivity index (χ0v) is 16.7. The minimum atomic E-state index is -0.532. The van der Waals surface area contributed by atoms with Gasteiger partial charge in [0.25, 0.3) is 0 Å². The van der Waals surface area contributed by atoms with Crippen molar-refractivity contribution in [2.45, 2.75) is 18.6 Å². The van der Waals surface area contributed by atoms with Gasteiger partial charge < -0.3 is 5.32 Å². The van der Waals surface area contributed by atoms with E-state index in [0.717, 1.165) is 17.0 Å². The van der Waals surface area contributed by atoms with E-state index in [1.165, 1.54) is 30.0 Å². The van der Waals surface area contributed by atoms with Crippen molar-refractivity contribution in [2.75, 3.05) is 11.1 Å². The van der Waals surface area contributed by atoms with Crippen LogP contribution in [0.25, 0.3) is 11.4 Å².